The SMILES string of the molecule is CSc1ccccc1-c1ncc(C)c(NCc2ccc(-c3cccnc3)cc2)n1. The first-order valence-corrected chi connectivity index (χ1v) is 10.7. The van der Waals surface area contributed by atoms with Gasteiger partial charge in [0.25, 0.3) is 0 Å². The van der Waals surface area contributed by atoms with Gasteiger partial charge in [0.05, 0.1) is 0 Å². The van der Waals surface area contributed by atoms with Crippen molar-refractivity contribution < 1.29 is 0 Å². The first kappa shape index (κ1) is 19.2. The molecule has 2 heterocycles. The number of thioether (sulfide) groups is 1. The van der Waals surface area contributed by atoms with Crippen molar-refractivity contribution >= 4 is 17.6 Å². The van der Waals surface area contributed by atoms with Crippen LogP contribution in [-0.4, -0.2) is 21.2 Å². The molecule has 144 valence electrons. The average molecular weight is 399 g/mol. The summed E-state index contributed by atoms with van der Waals surface area (Å²) in [6.07, 6.45) is 7.62. The summed E-state index contributed by atoms with van der Waals surface area (Å²) in [5.41, 5.74) is 5.57. The fourth-order valence-electron chi connectivity index (χ4n) is 3.11. The zero-order valence-corrected chi connectivity index (χ0v) is 17.3. The lowest BCUT2D eigenvalue weighted by Crippen LogP contribution is -2.05. The van der Waals surface area contributed by atoms with E-state index in [9.17, 15) is 0 Å². The third-order valence-electron chi connectivity index (χ3n) is 4.73. The van der Waals surface area contributed by atoms with Crippen LogP contribution in [0.1, 0.15) is 11.1 Å². The standard InChI is InChI=1S/C24H22N4S/c1-17-14-26-24(21-7-3-4-8-22(21)29-2)28-23(17)27-15-18-9-11-19(12-10-18)20-6-5-13-25-16-20/h3-14,16H,15H2,1-2H3,(H,26,27,28). The van der Waals surface area contributed by atoms with Gasteiger partial charge >= 0.3 is 0 Å². The van der Waals surface area contributed by atoms with Gasteiger partial charge in [-0.2, -0.15) is 0 Å². The summed E-state index contributed by atoms with van der Waals surface area (Å²) in [5.74, 6) is 1.61. The largest absolute Gasteiger partial charge is 0.366 e. The molecule has 0 radical (unpaired) electrons. The van der Waals surface area contributed by atoms with E-state index in [1.165, 1.54) is 10.5 Å². The second-order valence-corrected chi connectivity index (χ2v) is 7.57. The molecule has 2 aromatic heterocycles. The van der Waals surface area contributed by atoms with Crippen LogP contribution in [0.2, 0.25) is 0 Å². The van der Waals surface area contributed by atoms with Crippen LogP contribution in [0.25, 0.3) is 22.5 Å². The quantitative estimate of drug-likeness (QED) is 0.413. The lowest BCUT2D eigenvalue weighted by Gasteiger charge is -2.12. The Labute approximate surface area is 175 Å². The van der Waals surface area contributed by atoms with Crippen LogP contribution < -0.4 is 5.32 Å². The number of aryl methyl sites for hydroxylation is 1. The number of pyridine rings is 1. The Morgan fingerprint density at radius 2 is 1.72 bits per heavy atom. The lowest BCUT2D eigenvalue weighted by molar-refractivity contribution is 1.06. The number of hydrogen-bond donors (Lipinski definition) is 1. The van der Waals surface area contributed by atoms with Gasteiger partial charge in [0, 0.05) is 41.2 Å². The second-order valence-electron chi connectivity index (χ2n) is 6.72. The molecule has 0 aliphatic carbocycles. The molecule has 0 aliphatic rings. The zero-order chi connectivity index (χ0) is 20.1. The molecular formula is C24H22N4S. The molecule has 4 rings (SSSR count). The summed E-state index contributed by atoms with van der Waals surface area (Å²) in [6, 6.07) is 20.8. The molecule has 0 unspecified atom stereocenters. The van der Waals surface area contributed by atoms with Crippen molar-refractivity contribution in [2.75, 3.05) is 11.6 Å². The zero-order valence-electron chi connectivity index (χ0n) is 16.5. The predicted molar refractivity (Wildman–Crippen MR) is 121 cm³/mol. The minimum Gasteiger partial charge on any atom is -0.366 e. The number of aromatic nitrogens is 3. The maximum atomic E-state index is 4.79. The van der Waals surface area contributed by atoms with Crippen molar-refractivity contribution in [1.82, 2.24) is 15.0 Å². The minimum atomic E-state index is 0.703. The summed E-state index contributed by atoms with van der Waals surface area (Å²) in [7, 11) is 0. The third kappa shape index (κ3) is 4.46. The van der Waals surface area contributed by atoms with E-state index in [1.54, 1.807) is 18.0 Å². The topological polar surface area (TPSA) is 50.7 Å². The summed E-state index contributed by atoms with van der Waals surface area (Å²) in [6.45, 7) is 2.73. The Morgan fingerprint density at radius 3 is 2.48 bits per heavy atom. The van der Waals surface area contributed by atoms with Crippen molar-refractivity contribution in [1.29, 1.82) is 0 Å². The normalized spacial score (nSPS) is 10.7. The predicted octanol–water partition coefficient (Wildman–Crippen LogP) is 5.85. The summed E-state index contributed by atoms with van der Waals surface area (Å²) < 4.78 is 0. The Hall–Kier alpha value is -3.18. The van der Waals surface area contributed by atoms with Gasteiger partial charge in [0.15, 0.2) is 5.82 Å². The molecule has 0 amide bonds. The number of rotatable bonds is 6. The highest BCUT2D eigenvalue weighted by Gasteiger charge is 2.09. The fraction of sp³-hybridized carbons (Fsp3) is 0.125. The Kier molecular flexibility index (Phi) is 5.86. The Morgan fingerprint density at radius 1 is 0.897 bits per heavy atom. The molecule has 0 spiro atoms. The molecule has 0 aliphatic heterocycles. The van der Waals surface area contributed by atoms with Gasteiger partial charge in [-0.25, -0.2) is 9.97 Å². The highest BCUT2D eigenvalue weighted by atomic mass is 32.2. The number of nitrogens with zero attached hydrogens (tertiary/aromatic N) is 3. The molecule has 29 heavy (non-hydrogen) atoms. The van der Waals surface area contributed by atoms with E-state index < -0.39 is 0 Å². The lowest BCUT2D eigenvalue weighted by atomic mass is 10.1. The molecule has 0 bridgehead atoms. The van der Waals surface area contributed by atoms with Gasteiger partial charge in [0.1, 0.15) is 5.82 Å². The summed E-state index contributed by atoms with van der Waals surface area (Å²) in [4.78, 5) is 14.7. The maximum absolute atomic E-state index is 4.79. The molecule has 2 aromatic carbocycles. The Balaban J connectivity index is 1.51. The Bertz CT molecular complexity index is 1100. The van der Waals surface area contributed by atoms with Crippen LogP contribution in [0.3, 0.4) is 0 Å². The smallest absolute Gasteiger partial charge is 0.162 e. The third-order valence-corrected chi connectivity index (χ3v) is 5.52. The number of benzene rings is 2. The minimum absolute atomic E-state index is 0.703. The van der Waals surface area contributed by atoms with Crippen LogP contribution in [0.5, 0.6) is 0 Å². The van der Waals surface area contributed by atoms with Crippen LogP contribution in [0.15, 0.2) is 84.1 Å². The van der Waals surface area contributed by atoms with Gasteiger partial charge in [-0.1, -0.05) is 48.5 Å². The average Bonchev–Trinajstić information content (AvgIpc) is 2.79. The van der Waals surface area contributed by atoms with E-state index in [2.05, 4.69) is 64.0 Å². The van der Waals surface area contributed by atoms with Crippen molar-refractivity contribution in [2.45, 2.75) is 18.4 Å². The molecule has 1 N–H and O–H groups in total. The van der Waals surface area contributed by atoms with Crippen molar-refractivity contribution in [3.05, 3.63) is 90.4 Å². The summed E-state index contributed by atoms with van der Waals surface area (Å²) in [5, 5.41) is 3.47. The molecule has 4 aromatic rings. The van der Waals surface area contributed by atoms with Gasteiger partial charge < -0.3 is 5.32 Å². The van der Waals surface area contributed by atoms with E-state index in [1.807, 2.05) is 37.5 Å². The number of nitrogens with one attached hydrogen (secondary N) is 1. The molecular weight excluding hydrogens is 376 g/mol. The second kappa shape index (κ2) is 8.88. The van der Waals surface area contributed by atoms with E-state index in [0.717, 1.165) is 33.9 Å². The van der Waals surface area contributed by atoms with Gasteiger partial charge in [-0.15, -0.1) is 11.8 Å². The molecule has 0 saturated heterocycles. The van der Waals surface area contributed by atoms with Crippen LogP contribution in [-0.2, 0) is 6.54 Å². The first-order valence-electron chi connectivity index (χ1n) is 9.45. The van der Waals surface area contributed by atoms with Gasteiger partial charge in [-0.05, 0) is 42.0 Å². The van der Waals surface area contributed by atoms with E-state index in [4.69, 9.17) is 4.98 Å². The van der Waals surface area contributed by atoms with Gasteiger partial charge in [0.2, 0.25) is 0 Å². The molecule has 0 atom stereocenters. The van der Waals surface area contributed by atoms with Crippen LogP contribution >= 0.6 is 11.8 Å². The monoisotopic (exact) mass is 398 g/mol. The molecule has 4 nitrogen and oxygen atoms in total. The number of anilines is 1. The highest BCUT2D eigenvalue weighted by molar-refractivity contribution is 7.98. The first-order chi connectivity index (χ1) is 14.2. The summed E-state index contributed by atoms with van der Waals surface area (Å²) >= 11 is 1.71. The van der Waals surface area contributed by atoms with Crippen LogP contribution in [0, 0.1) is 6.92 Å². The molecule has 0 fully saturated rings. The molecule has 0 saturated carbocycles. The van der Waals surface area contributed by atoms with Gasteiger partial charge in [-0.3, -0.25) is 4.98 Å². The fourth-order valence-corrected chi connectivity index (χ4v) is 3.71. The van der Waals surface area contributed by atoms with E-state index in [0.29, 0.717) is 6.54 Å². The van der Waals surface area contributed by atoms with Crippen molar-refractivity contribution in [2.24, 2.45) is 0 Å². The highest BCUT2D eigenvalue weighted by Crippen LogP contribution is 2.28. The molecule has 5 heteroatoms. The number of hydrogen-bond acceptors (Lipinski definition) is 5. The maximum Gasteiger partial charge on any atom is 0.162 e. The van der Waals surface area contributed by atoms with E-state index >= 15 is 0 Å². The van der Waals surface area contributed by atoms with Crippen molar-refractivity contribution in [3.63, 3.8) is 0 Å². The van der Waals surface area contributed by atoms with E-state index in [-0.39, 0.29) is 0 Å². The van der Waals surface area contributed by atoms with Crippen LogP contribution in [0.4, 0.5) is 5.82 Å². The van der Waals surface area contributed by atoms with Crippen molar-refractivity contribution in [3.8, 4) is 22.5 Å².